The monoisotopic (exact) mass is 215 g/mol. The van der Waals surface area contributed by atoms with Crippen LogP contribution in [0.4, 0.5) is 5.69 Å². The lowest BCUT2D eigenvalue weighted by Gasteiger charge is -2.18. The number of nitrogens with zero attached hydrogens (tertiary/aromatic N) is 1. The Bertz CT molecular complexity index is 495. The molecule has 1 fully saturated rings. The molecule has 1 heterocycles. The van der Waals surface area contributed by atoms with Gasteiger partial charge in [-0.1, -0.05) is 19.3 Å². The molecule has 1 saturated carbocycles. The summed E-state index contributed by atoms with van der Waals surface area (Å²) in [4.78, 5) is 8.08. The number of imidazole rings is 1. The Morgan fingerprint density at radius 1 is 1.19 bits per heavy atom. The van der Waals surface area contributed by atoms with Crippen LogP contribution in [0.1, 0.15) is 43.8 Å². The van der Waals surface area contributed by atoms with Crippen LogP contribution in [0.15, 0.2) is 18.2 Å². The number of aromatic nitrogens is 2. The highest BCUT2D eigenvalue weighted by molar-refractivity contribution is 5.78. The molecule has 16 heavy (non-hydrogen) atoms. The number of benzene rings is 1. The number of nitrogens with two attached hydrogens (primary N) is 1. The van der Waals surface area contributed by atoms with Crippen LogP contribution < -0.4 is 5.73 Å². The number of H-pyrrole nitrogens is 1. The van der Waals surface area contributed by atoms with Gasteiger partial charge in [-0.2, -0.15) is 0 Å². The molecule has 0 saturated heterocycles. The van der Waals surface area contributed by atoms with Gasteiger partial charge in [0.05, 0.1) is 11.0 Å². The molecule has 84 valence electrons. The van der Waals surface area contributed by atoms with Gasteiger partial charge in [0.2, 0.25) is 0 Å². The number of nitrogen functional groups attached to an aromatic ring is 1. The molecule has 3 N–H and O–H groups in total. The van der Waals surface area contributed by atoms with Crippen molar-refractivity contribution in [1.29, 1.82) is 0 Å². The quantitative estimate of drug-likeness (QED) is 0.718. The summed E-state index contributed by atoms with van der Waals surface area (Å²) in [6, 6.07) is 5.87. The first-order valence-corrected chi connectivity index (χ1v) is 6.08. The highest BCUT2D eigenvalue weighted by Gasteiger charge is 2.18. The molecular formula is C13H17N3. The molecule has 1 aromatic carbocycles. The van der Waals surface area contributed by atoms with E-state index in [1.54, 1.807) is 0 Å². The number of fused-ring (bicyclic) bond motifs is 1. The Labute approximate surface area is 95.1 Å². The Morgan fingerprint density at radius 2 is 2.00 bits per heavy atom. The summed E-state index contributed by atoms with van der Waals surface area (Å²) in [5.74, 6) is 1.78. The van der Waals surface area contributed by atoms with Crippen molar-refractivity contribution in [3.8, 4) is 0 Å². The summed E-state index contributed by atoms with van der Waals surface area (Å²) in [6.45, 7) is 0. The van der Waals surface area contributed by atoms with Gasteiger partial charge in [-0.15, -0.1) is 0 Å². The highest BCUT2D eigenvalue weighted by Crippen LogP contribution is 2.32. The molecule has 0 amide bonds. The first-order chi connectivity index (χ1) is 7.83. The molecule has 0 atom stereocenters. The fourth-order valence-electron chi connectivity index (χ4n) is 2.62. The van der Waals surface area contributed by atoms with Crippen LogP contribution in [0, 0.1) is 0 Å². The lowest BCUT2D eigenvalue weighted by atomic mass is 9.89. The Balaban J connectivity index is 1.97. The minimum atomic E-state index is 0.627. The van der Waals surface area contributed by atoms with Gasteiger partial charge in [0.25, 0.3) is 0 Å². The van der Waals surface area contributed by atoms with Crippen LogP contribution in [-0.4, -0.2) is 9.97 Å². The van der Waals surface area contributed by atoms with E-state index in [0.29, 0.717) is 5.92 Å². The highest BCUT2D eigenvalue weighted by atomic mass is 14.9. The van der Waals surface area contributed by atoms with Crippen LogP contribution in [0.25, 0.3) is 11.0 Å². The normalized spacial score (nSPS) is 18.0. The smallest absolute Gasteiger partial charge is 0.110 e. The standard InChI is InChI=1S/C13H17N3/c14-10-6-7-11-12(8-10)16-13(15-11)9-4-2-1-3-5-9/h6-9H,1-5,14H2,(H,15,16). The summed E-state index contributed by atoms with van der Waals surface area (Å²) in [7, 11) is 0. The fraction of sp³-hybridized carbons (Fsp3) is 0.462. The topological polar surface area (TPSA) is 54.7 Å². The van der Waals surface area contributed by atoms with E-state index in [1.165, 1.54) is 32.1 Å². The van der Waals surface area contributed by atoms with E-state index in [9.17, 15) is 0 Å². The van der Waals surface area contributed by atoms with Gasteiger partial charge in [-0.25, -0.2) is 4.98 Å². The van der Waals surface area contributed by atoms with Crippen molar-refractivity contribution in [1.82, 2.24) is 9.97 Å². The maximum Gasteiger partial charge on any atom is 0.110 e. The van der Waals surface area contributed by atoms with Gasteiger partial charge >= 0.3 is 0 Å². The van der Waals surface area contributed by atoms with Gasteiger partial charge < -0.3 is 10.7 Å². The molecule has 0 bridgehead atoms. The number of anilines is 1. The van der Waals surface area contributed by atoms with E-state index in [1.807, 2.05) is 18.2 Å². The third-order valence-electron chi connectivity index (χ3n) is 3.52. The molecule has 0 spiro atoms. The second-order valence-corrected chi connectivity index (χ2v) is 4.73. The van der Waals surface area contributed by atoms with Gasteiger partial charge in [-0.3, -0.25) is 0 Å². The van der Waals surface area contributed by atoms with Crippen LogP contribution in [0.5, 0.6) is 0 Å². The summed E-state index contributed by atoms with van der Waals surface area (Å²) < 4.78 is 0. The maximum absolute atomic E-state index is 5.76. The average molecular weight is 215 g/mol. The van der Waals surface area contributed by atoms with Crippen molar-refractivity contribution in [3.05, 3.63) is 24.0 Å². The van der Waals surface area contributed by atoms with Gasteiger partial charge in [0, 0.05) is 11.6 Å². The molecule has 3 heteroatoms. The van der Waals surface area contributed by atoms with Gasteiger partial charge in [0.15, 0.2) is 0 Å². The molecule has 1 aromatic heterocycles. The summed E-state index contributed by atoms with van der Waals surface area (Å²) >= 11 is 0. The van der Waals surface area contributed by atoms with Crippen LogP contribution in [0.2, 0.25) is 0 Å². The fourth-order valence-corrected chi connectivity index (χ4v) is 2.62. The molecule has 0 unspecified atom stereocenters. The molecule has 3 nitrogen and oxygen atoms in total. The van der Waals surface area contributed by atoms with E-state index in [2.05, 4.69) is 9.97 Å². The van der Waals surface area contributed by atoms with Crippen molar-refractivity contribution in [2.75, 3.05) is 5.73 Å². The predicted octanol–water partition coefficient (Wildman–Crippen LogP) is 3.19. The number of nitrogens with one attached hydrogen (secondary N) is 1. The van der Waals surface area contributed by atoms with Crippen molar-refractivity contribution in [2.24, 2.45) is 0 Å². The van der Waals surface area contributed by atoms with Crippen molar-refractivity contribution < 1.29 is 0 Å². The van der Waals surface area contributed by atoms with Gasteiger partial charge in [0.1, 0.15) is 5.82 Å². The van der Waals surface area contributed by atoms with Crippen molar-refractivity contribution in [2.45, 2.75) is 38.0 Å². The zero-order valence-electron chi connectivity index (χ0n) is 9.37. The Morgan fingerprint density at radius 3 is 2.81 bits per heavy atom. The minimum absolute atomic E-state index is 0.627. The number of hydrogen-bond donors (Lipinski definition) is 2. The molecule has 0 radical (unpaired) electrons. The van der Waals surface area contributed by atoms with Gasteiger partial charge in [-0.05, 0) is 31.0 Å². The molecular weight excluding hydrogens is 198 g/mol. The lowest BCUT2D eigenvalue weighted by Crippen LogP contribution is -2.05. The number of aromatic amines is 1. The largest absolute Gasteiger partial charge is 0.399 e. The molecule has 2 aromatic rings. The van der Waals surface area contributed by atoms with Crippen molar-refractivity contribution >= 4 is 16.7 Å². The number of hydrogen-bond acceptors (Lipinski definition) is 2. The molecule has 1 aliphatic rings. The lowest BCUT2D eigenvalue weighted by molar-refractivity contribution is 0.431. The third-order valence-corrected chi connectivity index (χ3v) is 3.52. The average Bonchev–Trinajstić information content (AvgIpc) is 2.73. The SMILES string of the molecule is Nc1ccc2nc(C3CCCCC3)[nH]c2c1. The van der Waals surface area contributed by atoms with Crippen LogP contribution >= 0.6 is 0 Å². The van der Waals surface area contributed by atoms with E-state index in [-0.39, 0.29) is 0 Å². The molecule has 3 rings (SSSR count). The summed E-state index contributed by atoms with van der Waals surface area (Å²) in [5, 5.41) is 0. The zero-order valence-corrected chi connectivity index (χ0v) is 9.37. The third kappa shape index (κ3) is 1.66. The first-order valence-electron chi connectivity index (χ1n) is 6.08. The van der Waals surface area contributed by atoms with Crippen LogP contribution in [0.3, 0.4) is 0 Å². The van der Waals surface area contributed by atoms with Crippen molar-refractivity contribution in [3.63, 3.8) is 0 Å². The number of rotatable bonds is 1. The summed E-state index contributed by atoms with van der Waals surface area (Å²) in [6.07, 6.45) is 6.60. The van der Waals surface area contributed by atoms with E-state index < -0.39 is 0 Å². The van der Waals surface area contributed by atoms with E-state index in [0.717, 1.165) is 22.5 Å². The molecule has 1 aliphatic carbocycles. The first kappa shape index (κ1) is 9.70. The molecule has 0 aliphatic heterocycles. The van der Waals surface area contributed by atoms with E-state index >= 15 is 0 Å². The Kier molecular flexibility index (Phi) is 2.31. The summed E-state index contributed by atoms with van der Waals surface area (Å²) in [5.41, 5.74) is 8.67. The van der Waals surface area contributed by atoms with Crippen LogP contribution in [-0.2, 0) is 0 Å². The second-order valence-electron chi connectivity index (χ2n) is 4.73. The zero-order chi connectivity index (χ0) is 11.0. The predicted molar refractivity (Wildman–Crippen MR) is 66.3 cm³/mol. The Hall–Kier alpha value is -1.51. The maximum atomic E-state index is 5.76. The van der Waals surface area contributed by atoms with E-state index in [4.69, 9.17) is 5.73 Å². The second kappa shape index (κ2) is 3.81. The minimum Gasteiger partial charge on any atom is -0.399 e.